The quantitative estimate of drug-likeness (QED) is 0.505. The van der Waals surface area contributed by atoms with Gasteiger partial charge in [-0.05, 0) is 73.8 Å². The molecular weight excluding hydrogens is 396 g/mol. The van der Waals surface area contributed by atoms with Crippen LogP contribution in [0.1, 0.15) is 74.3 Å². The van der Waals surface area contributed by atoms with Crippen molar-refractivity contribution in [3.8, 4) is 0 Å². The third-order valence-electron chi connectivity index (χ3n) is 5.71. The first-order valence-electron chi connectivity index (χ1n) is 10.7. The van der Waals surface area contributed by atoms with Crippen LogP contribution in [0.15, 0.2) is 36.4 Å². The van der Waals surface area contributed by atoms with Gasteiger partial charge in [0.25, 0.3) is 0 Å². The van der Waals surface area contributed by atoms with Crippen molar-refractivity contribution in [2.45, 2.75) is 71.8 Å². The van der Waals surface area contributed by atoms with E-state index >= 15 is 0 Å². The smallest absolute Gasteiger partial charge is 0.137 e. The molecule has 0 heterocycles. The van der Waals surface area contributed by atoms with Crippen LogP contribution in [-0.2, 0) is 23.2 Å². The fourth-order valence-electron chi connectivity index (χ4n) is 3.95. The Morgan fingerprint density at radius 3 is 2.50 bits per heavy atom. The number of aliphatic hydroxyl groups is 2. The SMILES string of the molecule is Cc1ccc(Cl)c(CC(=O)CC[C@@H](C)c2cccc(C(C)(C)O)c2C[C@@H](C)CO)c1. The van der Waals surface area contributed by atoms with Gasteiger partial charge in [-0.1, -0.05) is 61.3 Å². The summed E-state index contributed by atoms with van der Waals surface area (Å²) < 4.78 is 0. The van der Waals surface area contributed by atoms with Gasteiger partial charge in [-0.25, -0.2) is 0 Å². The molecule has 0 amide bonds. The lowest BCUT2D eigenvalue weighted by Gasteiger charge is -2.27. The second kappa shape index (κ2) is 10.6. The zero-order valence-corrected chi connectivity index (χ0v) is 19.6. The summed E-state index contributed by atoms with van der Waals surface area (Å²) in [5.41, 5.74) is 4.16. The van der Waals surface area contributed by atoms with Gasteiger partial charge in [0.05, 0.1) is 5.60 Å². The Hall–Kier alpha value is -1.68. The van der Waals surface area contributed by atoms with Crippen LogP contribution in [0.5, 0.6) is 0 Å². The van der Waals surface area contributed by atoms with Gasteiger partial charge in [0, 0.05) is 24.5 Å². The predicted octanol–water partition coefficient (Wildman–Crippen LogP) is 5.74. The molecule has 0 fully saturated rings. The number of carbonyl (C=O) groups is 1. The fourth-order valence-corrected chi connectivity index (χ4v) is 4.14. The summed E-state index contributed by atoms with van der Waals surface area (Å²) in [4.78, 5) is 12.6. The van der Waals surface area contributed by atoms with Crippen LogP contribution in [0, 0.1) is 12.8 Å². The van der Waals surface area contributed by atoms with Crippen molar-refractivity contribution in [1.82, 2.24) is 0 Å². The Kier molecular flexibility index (Phi) is 8.66. The van der Waals surface area contributed by atoms with E-state index in [0.717, 1.165) is 34.2 Å². The molecule has 0 spiro atoms. The molecule has 2 aromatic carbocycles. The van der Waals surface area contributed by atoms with Crippen LogP contribution in [0.25, 0.3) is 0 Å². The number of Topliss-reactive ketones (excluding diaryl/α,β-unsaturated/α-hetero) is 1. The number of ketones is 1. The zero-order valence-electron chi connectivity index (χ0n) is 18.8. The minimum Gasteiger partial charge on any atom is -0.396 e. The third kappa shape index (κ3) is 6.66. The first kappa shape index (κ1) is 24.6. The van der Waals surface area contributed by atoms with E-state index < -0.39 is 5.60 Å². The minimum absolute atomic E-state index is 0.101. The average Bonchev–Trinajstić information content (AvgIpc) is 2.68. The molecule has 0 saturated carbocycles. The highest BCUT2D eigenvalue weighted by Gasteiger charge is 2.24. The Labute approximate surface area is 186 Å². The van der Waals surface area contributed by atoms with Crippen LogP contribution < -0.4 is 0 Å². The van der Waals surface area contributed by atoms with Crippen LogP contribution in [0.4, 0.5) is 0 Å². The van der Waals surface area contributed by atoms with Gasteiger partial charge in [-0.3, -0.25) is 4.79 Å². The summed E-state index contributed by atoms with van der Waals surface area (Å²) in [7, 11) is 0. The molecule has 2 aromatic rings. The number of rotatable bonds is 10. The topological polar surface area (TPSA) is 57.5 Å². The van der Waals surface area contributed by atoms with E-state index in [1.165, 1.54) is 0 Å². The van der Waals surface area contributed by atoms with Crippen molar-refractivity contribution in [3.63, 3.8) is 0 Å². The molecule has 2 rings (SSSR count). The average molecular weight is 431 g/mol. The maximum atomic E-state index is 12.6. The van der Waals surface area contributed by atoms with Crippen molar-refractivity contribution in [1.29, 1.82) is 0 Å². The molecule has 4 heteroatoms. The first-order valence-corrected chi connectivity index (χ1v) is 11.1. The lowest BCUT2D eigenvalue weighted by atomic mass is 9.81. The summed E-state index contributed by atoms with van der Waals surface area (Å²) in [5.74, 6) is 0.452. The zero-order chi connectivity index (χ0) is 22.5. The molecule has 2 N–H and O–H groups in total. The summed E-state index contributed by atoms with van der Waals surface area (Å²) in [6.45, 7) is 9.81. The van der Waals surface area contributed by atoms with Crippen LogP contribution in [-0.4, -0.2) is 22.6 Å². The molecule has 3 nitrogen and oxygen atoms in total. The van der Waals surface area contributed by atoms with E-state index in [-0.39, 0.29) is 24.2 Å². The summed E-state index contributed by atoms with van der Waals surface area (Å²) in [6.07, 6.45) is 2.26. The van der Waals surface area contributed by atoms with Crippen LogP contribution >= 0.6 is 11.6 Å². The van der Waals surface area contributed by atoms with Gasteiger partial charge in [0.1, 0.15) is 5.78 Å². The monoisotopic (exact) mass is 430 g/mol. The van der Waals surface area contributed by atoms with Gasteiger partial charge < -0.3 is 10.2 Å². The van der Waals surface area contributed by atoms with E-state index in [1.807, 2.05) is 44.2 Å². The van der Waals surface area contributed by atoms with Crippen LogP contribution in [0.2, 0.25) is 5.02 Å². The van der Waals surface area contributed by atoms with Gasteiger partial charge in [0.2, 0.25) is 0 Å². The third-order valence-corrected chi connectivity index (χ3v) is 6.08. The van der Waals surface area contributed by atoms with E-state index in [0.29, 0.717) is 24.3 Å². The fraction of sp³-hybridized carbons (Fsp3) is 0.500. The standard InChI is InChI=1S/C26H35ClO3/c1-17-9-12-25(27)20(13-17)15-21(29)11-10-19(3)22-7-6-8-24(26(4,5)30)23(22)14-18(2)16-28/h6-9,12-13,18-19,28,30H,10-11,14-16H2,1-5H3/t18-,19-/m1/s1. The number of carbonyl (C=O) groups excluding carboxylic acids is 1. The number of hydrogen-bond donors (Lipinski definition) is 2. The van der Waals surface area contributed by atoms with Crippen molar-refractivity contribution in [2.24, 2.45) is 5.92 Å². The molecule has 0 aliphatic carbocycles. The summed E-state index contributed by atoms with van der Waals surface area (Å²) in [6, 6.07) is 11.8. The lowest BCUT2D eigenvalue weighted by molar-refractivity contribution is -0.118. The number of hydrogen-bond acceptors (Lipinski definition) is 3. The van der Waals surface area contributed by atoms with Gasteiger partial charge in [-0.15, -0.1) is 0 Å². The highest BCUT2D eigenvalue weighted by atomic mass is 35.5. The maximum absolute atomic E-state index is 12.6. The molecule has 0 radical (unpaired) electrons. The number of aryl methyl sites for hydroxylation is 1. The number of benzene rings is 2. The van der Waals surface area contributed by atoms with Gasteiger partial charge >= 0.3 is 0 Å². The number of aliphatic hydroxyl groups excluding tert-OH is 1. The largest absolute Gasteiger partial charge is 0.396 e. The highest BCUT2D eigenvalue weighted by Crippen LogP contribution is 2.33. The molecule has 0 bridgehead atoms. The van der Waals surface area contributed by atoms with Crippen molar-refractivity contribution in [3.05, 3.63) is 69.2 Å². The van der Waals surface area contributed by atoms with E-state index in [4.69, 9.17) is 11.6 Å². The molecule has 0 aromatic heterocycles. The summed E-state index contributed by atoms with van der Waals surface area (Å²) in [5, 5.41) is 20.9. The van der Waals surface area contributed by atoms with Crippen molar-refractivity contribution in [2.75, 3.05) is 6.61 Å². The summed E-state index contributed by atoms with van der Waals surface area (Å²) >= 11 is 6.25. The van der Waals surface area contributed by atoms with E-state index in [9.17, 15) is 15.0 Å². The molecule has 0 unspecified atom stereocenters. The molecule has 30 heavy (non-hydrogen) atoms. The van der Waals surface area contributed by atoms with E-state index in [1.54, 1.807) is 13.8 Å². The lowest BCUT2D eigenvalue weighted by Crippen LogP contribution is -2.21. The van der Waals surface area contributed by atoms with Crippen molar-refractivity contribution >= 4 is 17.4 Å². The second-order valence-corrected chi connectivity index (χ2v) is 9.58. The molecule has 0 aliphatic rings. The van der Waals surface area contributed by atoms with E-state index in [2.05, 4.69) is 13.0 Å². The Morgan fingerprint density at radius 1 is 1.17 bits per heavy atom. The van der Waals surface area contributed by atoms with Gasteiger partial charge in [-0.2, -0.15) is 0 Å². The molecule has 0 saturated heterocycles. The highest BCUT2D eigenvalue weighted by molar-refractivity contribution is 6.31. The Balaban J connectivity index is 2.16. The van der Waals surface area contributed by atoms with Crippen LogP contribution in [0.3, 0.4) is 0 Å². The minimum atomic E-state index is -0.960. The second-order valence-electron chi connectivity index (χ2n) is 9.17. The molecule has 2 atom stereocenters. The maximum Gasteiger partial charge on any atom is 0.137 e. The normalized spacial score (nSPS) is 13.9. The first-order chi connectivity index (χ1) is 14.0. The Morgan fingerprint density at radius 2 is 1.87 bits per heavy atom. The molecular formula is C26H35ClO3. The van der Waals surface area contributed by atoms with Gasteiger partial charge in [0.15, 0.2) is 0 Å². The van der Waals surface area contributed by atoms with Crippen molar-refractivity contribution < 1.29 is 15.0 Å². The molecule has 0 aliphatic heterocycles. The number of halogens is 1. The molecule has 164 valence electrons. The predicted molar refractivity (Wildman–Crippen MR) is 124 cm³/mol. The Bertz CT molecular complexity index is 867.